The fraction of sp³-hybridized carbons (Fsp3) is 0.231. The molecule has 6 heteroatoms. The van der Waals surface area contributed by atoms with Crippen LogP contribution in [-0.4, -0.2) is 24.7 Å². The van der Waals surface area contributed by atoms with Crippen molar-refractivity contribution in [2.75, 3.05) is 19.2 Å². The molecular weight excluding hydrogens is 402 g/mol. The van der Waals surface area contributed by atoms with Gasteiger partial charge in [0, 0.05) is 24.0 Å². The van der Waals surface area contributed by atoms with Crippen LogP contribution in [0.3, 0.4) is 0 Å². The number of ether oxygens (including phenoxy) is 2. The standard InChI is InChI=1S/C26H25N3O3/c1-16(27-3)18-4-6-19(7-5-18)22-13-21(14-28-17(22)2)29-25(30)26(10-11-26)20-8-9-23-24(12-20)32-15-31-23/h4-9,12-14,27H,1,10-11,15H2,2-3H3,(H,29,30). The maximum atomic E-state index is 13.3. The van der Waals surface area contributed by atoms with Crippen molar-refractivity contribution in [2.45, 2.75) is 25.2 Å². The largest absolute Gasteiger partial charge is 0.454 e. The van der Waals surface area contributed by atoms with Gasteiger partial charge in [-0.3, -0.25) is 9.78 Å². The molecule has 0 spiro atoms. The summed E-state index contributed by atoms with van der Waals surface area (Å²) < 4.78 is 10.9. The summed E-state index contributed by atoms with van der Waals surface area (Å²) in [5.74, 6) is 1.40. The lowest BCUT2D eigenvalue weighted by atomic mass is 9.94. The normalized spacial score (nSPS) is 15.2. The molecule has 1 amide bonds. The highest BCUT2D eigenvalue weighted by Gasteiger charge is 2.51. The first-order chi connectivity index (χ1) is 15.5. The lowest BCUT2D eigenvalue weighted by molar-refractivity contribution is -0.118. The third kappa shape index (κ3) is 3.47. The second-order valence-corrected chi connectivity index (χ2v) is 8.27. The van der Waals surface area contributed by atoms with Crippen molar-refractivity contribution in [3.63, 3.8) is 0 Å². The molecular formula is C26H25N3O3. The van der Waals surface area contributed by atoms with E-state index < -0.39 is 5.41 Å². The van der Waals surface area contributed by atoms with Crippen LogP contribution in [0.25, 0.3) is 16.8 Å². The highest BCUT2D eigenvalue weighted by atomic mass is 16.7. The molecule has 0 saturated heterocycles. The molecule has 1 aliphatic carbocycles. The van der Waals surface area contributed by atoms with Crippen LogP contribution in [0, 0.1) is 6.92 Å². The van der Waals surface area contributed by atoms with Gasteiger partial charge in [-0.2, -0.15) is 0 Å². The topological polar surface area (TPSA) is 72.5 Å². The maximum absolute atomic E-state index is 13.3. The van der Waals surface area contributed by atoms with Gasteiger partial charge in [0.2, 0.25) is 12.7 Å². The predicted octanol–water partition coefficient (Wildman–Crippen LogP) is 4.65. The van der Waals surface area contributed by atoms with E-state index in [-0.39, 0.29) is 12.7 Å². The van der Waals surface area contributed by atoms with E-state index in [0.717, 1.165) is 52.2 Å². The smallest absolute Gasteiger partial charge is 0.235 e. The second kappa shape index (κ2) is 7.71. The molecule has 1 aliphatic heterocycles. The summed E-state index contributed by atoms with van der Waals surface area (Å²) in [6.07, 6.45) is 3.33. The third-order valence-corrected chi connectivity index (χ3v) is 6.30. The molecule has 3 aromatic rings. The van der Waals surface area contributed by atoms with Gasteiger partial charge in [-0.1, -0.05) is 36.9 Å². The van der Waals surface area contributed by atoms with E-state index in [2.05, 4.69) is 22.2 Å². The minimum absolute atomic E-state index is 0.0198. The Labute approximate surface area is 187 Å². The predicted molar refractivity (Wildman–Crippen MR) is 125 cm³/mol. The van der Waals surface area contributed by atoms with Gasteiger partial charge in [-0.25, -0.2) is 0 Å². The van der Waals surface area contributed by atoms with Crippen molar-refractivity contribution in [1.29, 1.82) is 0 Å². The van der Waals surface area contributed by atoms with Crippen molar-refractivity contribution < 1.29 is 14.3 Å². The molecule has 2 heterocycles. The van der Waals surface area contributed by atoms with Gasteiger partial charge >= 0.3 is 0 Å². The molecule has 2 aromatic carbocycles. The van der Waals surface area contributed by atoms with Gasteiger partial charge in [0.15, 0.2) is 11.5 Å². The van der Waals surface area contributed by atoms with Gasteiger partial charge in [0.05, 0.1) is 17.3 Å². The summed E-state index contributed by atoms with van der Waals surface area (Å²) >= 11 is 0. The molecule has 1 aromatic heterocycles. The molecule has 6 nitrogen and oxygen atoms in total. The SMILES string of the molecule is C=C(NC)c1ccc(-c2cc(NC(=O)C3(c4ccc5c(c4)OCO5)CC3)cnc2C)cc1. The Bertz CT molecular complexity index is 1210. The number of carbonyl (C=O) groups is 1. The lowest BCUT2D eigenvalue weighted by Crippen LogP contribution is -2.27. The van der Waals surface area contributed by atoms with Crippen LogP contribution in [0.1, 0.15) is 29.7 Å². The van der Waals surface area contributed by atoms with Gasteiger partial charge in [-0.15, -0.1) is 0 Å². The molecule has 162 valence electrons. The third-order valence-electron chi connectivity index (χ3n) is 6.30. The van der Waals surface area contributed by atoms with Gasteiger partial charge < -0.3 is 20.1 Å². The van der Waals surface area contributed by atoms with Crippen molar-refractivity contribution >= 4 is 17.3 Å². The van der Waals surface area contributed by atoms with Crippen LogP contribution in [0.2, 0.25) is 0 Å². The number of hydrogen-bond donors (Lipinski definition) is 2. The van der Waals surface area contributed by atoms with E-state index in [1.165, 1.54) is 0 Å². The average molecular weight is 428 g/mol. The zero-order chi connectivity index (χ0) is 22.3. The van der Waals surface area contributed by atoms with Crippen LogP contribution in [0.5, 0.6) is 11.5 Å². The second-order valence-electron chi connectivity index (χ2n) is 8.27. The minimum atomic E-state index is -0.527. The Hall–Kier alpha value is -3.80. The first kappa shape index (κ1) is 20.1. The minimum Gasteiger partial charge on any atom is -0.454 e. The first-order valence-corrected chi connectivity index (χ1v) is 10.7. The van der Waals surface area contributed by atoms with E-state index in [1.54, 1.807) is 6.20 Å². The number of aryl methyl sites for hydroxylation is 1. The van der Waals surface area contributed by atoms with E-state index >= 15 is 0 Å². The number of aromatic nitrogens is 1. The van der Waals surface area contributed by atoms with Gasteiger partial charge in [0.1, 0.15) is 0 Å². The monoisotopic (exact) mass is 427 g/mol. The first-order valence-electron chi connectivity index (χ1n) is 10.7. The van der Waals surface area contributed by atoms with E-state index in [4.69, 9.17) is 9.47 Å². The number of carbonyl (C=O) groups excluding carboxylic acids is 1. The fourth-order valence-corrected chi connectivity index (χ4v) is 4.11. The summed E-state index contributed by atoms with van der Waals surface area (Å²) in [5.41, 5.74) is 5.94. The number of hydrogen-bond acceptors (Lipinski definition) is 5. The molecule has 1 fully saturated rings. The number of benzene rings is 2. The molecule has 0 unspecified atom stereocenters. The highest BCUT2D eigenvalue weighted by Crippen LogP contribution is 2.51. The number of nitrogens with one attached hydrogen (secondary N) is 2. The van der Waals surface area contributed by atoms with E-state index in [1.807, 2.05) is 62.5 Å². The lowest BCUT2D eigenvalue weighted by Gasteiger charge is -2.17. The number of nitrogens with zero attached hydrogens (tertiary/aromatic N) is 1. The molecule has 2 N–H and O–H groups in total. The Balaban J connectivity index is 1.38. The van der Waals surface area contributed by atoms with E-state index in [0.29, 0.717) is 11.4 Å². The van der Waals surface area contributed by atoms with Crippen LogP contribution < -0.4 is 20.1 Å². The Morgan fingerprint density at radius 1 is 1.06 bits per heavy atom. The number of amides is 1. The van der Waals surface area contributed by atoms with Crippen LogP contribution in [0.15, 0.2) is 61.3 Å². The van der Waals surface area contributed by atoms with Crippen molar-refractivity contribution in [3.8, 4) is 22.6 Å². The van der Waals surface area contributed by atoms with Crippen LogP contribution >= 0.6 is 0 Å². The average Bonchev–Trinajstić information content (AvgIpc) is 3.50. The molecule has 5 rings (SSSR count). The molecule has 0 radical (unpaired) electrons. The number of rotatable bonds is 6. The fourth-order valence-electron chi connectivity index (χ4n) is 4.11. The summed E-state index contributed by atoms with van der Waals surface area (Å²) in [6.45, 7) is 6.19. The van der Waals surface area contributed by atoms with Crippen molar-refractivity contribution in [2.24, 2.45) is 0 Å². The molecule has 0 atom stereocenters. The van der Waals surface area contributed by atoms with Gasteiger partial charge in [0.25, 0.3) is 0 Å². The van der Waals surface area contributed by atoms with Crippen molar-refractivity contribution in [1.82, 2.24) is 10.3 Å². The summed E-state index contributed by atoms with van der Waals surface area (Å²) in [4.78, 5) is 17.8. The number of fused-ring (bicyclic) bond motifs is 1. The molecule has 32 heavy (non-hydrogen) atoms. The zero-order valence-electron chi connectivity index (χ0n) is 18.2. The number of anilines is 1. The summed E-state index contributed by atoms with van der Waals surface area (Å²) in [5, 5.41) is 6.15. The van der Waals surface area contributed by atoms with Crippen molar-refractivity contribution in [3.05, 3.63) is 78.1 Å². The summed E-state index contributed by atoms with van der Waals surface area (Å²) in [7, 11) is 1.85. The molecule has 0 bridgehead atoms. The molecule has 2 aliphatic rings. The highest BCUT2D eigenvalue weighted by molar-refractivity contribution is 6.01. The Morgan fingerprint density at radius 3 is 2.53 bits per heavy atom. The summed E-state index contributed by atoms with van der Waals surface area (Å²) in [6, 6.07) is 15.9. The van der Waals surface area contributed by atoms with Crippen LogP contribution in [-0.2, 0) is 10.2 Å². The van der Waals surface area contributed by atoms with E-state index in [9.17, 15) is 4.79 Å². The van der Waals surface area contributed by atoms with Gasteiger partial charge in [-0.05, 0) is 54.7 Å². The zero-order valence-corrected chi connectivity index (χ0v) is 18.2. The number of pyridine rings is 1. The van der Waals surface area contributed by atoms with Crippen LogP contribution in [0.4, 0.5) is 5.69 Å². The Kier molecular flexibility index (Phi) is 4.85. The Morgan fingerprint density at radius 2 is 1.81 bits per heavy atom. The maximum Gasteiger partial charge on any atom is 0.235 e. The quantitative estimate of drug-likeness (QED) is 0.599. The molecule has 1 saturated carbocycles.